The van der Waals surface area contributed by atoms with E-state index in [0.29, 0.717) is 17.5 Å². The number of aromatic nitrogens is 1. The summed E-state index contributed by atoms with van der Waals surface area (Å²) in [6, 6.07) is 1.19. The molecule has 102 valence electrons. The third-order valence-corrected chi connectivity index (χ3v) is 4.62. The molecule has 1 fully saturated rings. The molecular weight excluding hydrogens is 242 g/mol. The van der Waals surface area contributed by atoms with E-state index in [4.69, 9.17) is 0 Å². The van der Waals surface area contributed by atoms with Crippen LogP contribution in [-0.2, 0) is 6.54 Å². The SMILES string of the molecule is CC1CCNC(C(C)(C)C)CN1Cc1nccs1. The molecule has 0 radical (unpaired) electrons. The van der Waals surface area contributed by atoms with Crippen LogP contribution in [0.3, 0.4) is 0 Å². The van der Waals surface area contributed by atoms with Gasteiger partial charge in [-0.1, -0.05) is 20.8 Å². The smallest absolute Gasteiger partial charge is 0.107 e. The minimum atomic E-state index is 0.311. The fourth-order valence-electron chi connectivity index (χ4n) is 2.43. The Hall–Kier alpha value is -0.450. The Kier molecular flexibility index (Phi) is 4.41. The molecule has 2 unspecified atom stereocenters. The van der Waals surface area contributed by atoms with Gasteiger partial charge < -0.3 is 5.32 Å². The molecule has 1 aliphatic heterocycles. The molecule has 18 heavy (non-hydrogen) atoms. The Morgan fingerprint density at radius 2 is 2.28 bits per heavy atom. The summed E-state index contributed by atoms with van der Waals surface area (Å²) in [6.45, 7) is 12.5. The van der Waals surface area contributed by atoms with Crippen LogP contribution in [0.5, 0.6) is 0 Å². The monoisotopic (exact) mass is 267 g/mol. The molecule has 2 atom stereocenters. The first-order valence-corrected chi connectivity index (χ1v) is 7.70. The van der Waals surface area contributed by atoms with Crippen LogP contribution >= 0.6 is 11.3 Å². The van der Waals surface area contributed by atoms with Crippen LogP contribution < -0.4 is 5.32 Å². The normalized spacial score (nSPS) is 27.1. The zero-order valence-corrected chi connectivity index (χ0v) is 12.8. The Labute approximate surface area is 115 Å². The summed E-state index contributed by atoms with van der Waals surface area (Å²) in [7, 11) is 0. The second-order valence-electron chi connectivity index (χ2n) is 6.37. The lowest BCUT2D eigenvalue weighted by Gasteiger charge is -2.35. The lowest BCUT2D eigenvalue weighted by molar-refractivity contribution is 0.157. The van der Waals surface area contributed by atoms with E-state index >= 15 is 0 Å². The number of hydrogen-bond donors (Lipinski definition) is 1. The highest BCUT2D eigenvalue weighted by Crippen LogP contribution is 2.24. The van der Waals surface area contributed by atoms with Gasteiger partial charge >= 0.3 is 0 Å². The molecule has 0 spiro atoms. The van der Waals surface area contributed by atoms with E-state index < -0.39 is 0 Å². The zero-order chi connectivity index (χ0) is 13.2. The van der Waals surface area contributed by atoms with Crippen LogP contribution in [0, 0.1) is 5.41 Å². The van der Waals surface area contributed by atoms with Gasteiger partial charge in [-0.3, -0.25) is 4.90 Å². The van der Waals surface area contributed by atoms with Crippen molar-refractivity contribution in [1.82, 2.24) is 15.2 Å². The number of thiazole rings is 1. The number of hydrogen-bond acceptors (Lipinski definition) is 4. The van der Waals surface area contributed by atoms with Gasteiger partial charge in [0.2, 0.25) is 0 Å². The maximum atomic E-state index is 4.42. The maximum absolute atomic E-state index is 4.42. The Morgan fingerprint density at radius 1 is 1.50 bits per heavy atom. The highest BCUT2D eigenvalue weighted by atomic mass is 32.1. The summed E-state index contributed by atoms with van der Waals surface area (Å²) in [5, 5.41) is 7.00. The molecule has 1 aliphatic rings. The largest absolute Gasteiger partial charge is 0.312 e. The third kappa shape index (κ3) is 3.53. The summed E-state index contributed by atoms with van der Waals surface area (Å²) in [6.07, 6.45) is 3.12. The number of rotatable bonds is 2. The quantitative estimate of drug-likeness (QED) is 0.893. The van der Waals surface area contributed by atoms with Gasteiger partial charge in [0, 0.05) is 30.2 Å². The summed E-state index contributed by atoms with van der Waals surface area (Å²) < 4.78 is 0. The average molecular weight is 267 g/mol. The van der Waals surface area contributed by atoms with Crippen LogP contribution in [0.2, 0.25) is 0 Å². The van der Waals surface area contributed by atoms with Gasteiger partial charge in [-0.05, 0) is 25.3 Å². The number of nitrogens with zero attached hydrogens (tertiary/aromatic N) is 2. The lowest BCUT2D eigenvalue weighted by atomic mass is 9.86. The van der Waals surface area contributed by atoms with Crippen molar-refractivity contribution < 1.29 is 0 Å². The van der Waals surface area contributed by atoms with E-state index in [1.165, 1.54) is 11.4 Å². The molecule has 1 aromatic rings. The highest BCUT2D eigenvalue weighted by Gasteiger charge is 2.30. The molecule has 3 nitrogen and oxygen atoms in total. The van der Waals surface area contributed by atoms with Gasteiger partial charge in [-0.15, -0.1) is 11.3 Å². The van der Waals surface area contributed by atoms with Crippen molar-refractivity contribution in [3.05, 3.63) is 16.6 Å². The second-order valence-corrected chi connectivity index (χ2v) is 7.34. The molecule has 0 aromatic carbocycles. The second kappa shape index (κ2) is 5.68. The zero-order valence-electron chi connectivity index (χ0n) is 11.9. The van der Waals surface area contributed by atoms with Crippen molar-refractivity contribution in [3.8, 4) is 0 Å². The van der Waals surface area contributed by atoms with Crippen molar-refractivity contribution in [3.63, 3.8) is 0 Å². The van der Waals surface area contributed by atoms with Crippen molar-refractivity contribution in [2.24, 2.45) is 5.41 Å². The first-order chi connectivity index (χ1) is 8.47. The summed E-state index contributed by atoms with van der Waals surface area (Å²) >= 11 is 1.76. The Balaban J connectivity index is 2.06. The average Bonchev–Trinajstić information content (AvgIpc) is 2.70. The standard InChI is InChI=1S/C14H25N3S/c1-11-5-6-15-12(14(2,3)4)9-17(11)10-13-16-7-8-18-13/h7-8,11-12,15H,5-6,9-10H2,1-4H3. The highest BCUT2D eigenvalue weighted by molar-refractivity contribution is 7.09. The molecule has 1 aromatic heterocycles. The van der Waals surface area contributed by atoms with Gasteiger partial charge in [0.05, 0.1) is 6.54 Å². The van der Waals surface area contributed by atoms with Crippen LogP contribution in [0.25, 0.3) is 0 Å². The molecule has 0 aliphatic carbocycles. The lowest BCUT2D eigenvalue weighted by Crippen LogP contribution is -2.47. The van der Waals surface area contributed by atoms with Gasteiger partial charge in [0.1, 0.15) is 5.01 Å². The van der Waals surface area contributed by atoms with E-state index in [2.05, 4.69) is 48.3 Å². The predicted molar refractivity (Wildman–Crippen MR) is 77.8 cm³/mol. The van der Waals surface area contributed by atoms with Crippen molar-refractivity contribution in [2.45, 2.75) is 52.7 Å². The summed E-state index contributed by atoms with van der Waals surface area (Å²) in [4.78, 5) is 7.00. The van der Waals surface area contributed by atoms with Gasteiger partial charge in [-0.25, -0.2) is 4.98 Å². The summed E-state index contributed by atoms with van der Waals surface area (Å²) in [5.41, 5.74) is 0.311. The fourth-order valence-corrected chi connectivity index (χ4v) is 3.07. The van der Waals surface area contributed by atoms with Gasteiger partial charge in [-0.2, -0.15) is 0 Å². The van der Waals surface area contributed by atoms with Crippen LogP contribution in [0.1, 0.15) is 39.1 Å². The van der Waals surface area contributed by atoms with Crippen molar-refractivity contribution in [1.29, 1.82) is 0 Å². The van der Waals surface area contributed by atoms with Crippen molar-refractivity contribution in [2.75, 3.05) is 13.1 Å². The molecular formula is C14H25N3S. The van der Waals surface area contributed by atoms with E-state index in [1.807, 2.05) is 6.20 Å². The van der Waals surface area contributed by atoms with E-state index in [-0.39, 0.29) is 0 Å². The fraction of sp³-hybridized carbons (Fsp3) is 0.786. The van der Waals surface area contributed by atoms with Gasteiger partial charge in [0.15, 0.2) is 0 Å². The van der Waals surface area contributed by atoms with Crippen LogP contribution in [0.15, 0.2) is 11.6 Å². The van der Waals surface area contributed by atoms with Crippen molar-refractivity contribution >= 4 is 11.3 Å². The van der Waals surface area contributed by atoms with Gasteiger partial charge in [0.25, 0.3) is 0 Å². The van der Waals surface area contributed by atoms with Crippen LogP contribution in [-0.4, -0.2) is 35.1 Å². The Bertz CT molecular complexity index is 356. The van der Waals surface area contributed by atoms with E-state index in [9.17, 15) is 0 Å². The molecule has 0 amide bonds. The third-order valence-electron chi connectivity index (χ3n) is 3.86. The first kappa shape index (κ1) is 14.0. The van der Waals surface area contributed by atoms with Crippen LogP contribution in [0.4, 0.5) is 0 Å². The molecule has 1 saturated heterocycles. The minimum Gasteiger partial charge on any atom is -0.312 e. The van der Waals surface area contributed by atoms with E-state index in [1.54, 1.807) is 11.3 Å². The first-order valence-electron chi connectivity index (χ1n) is 6.82. The molecule has 0 bridgehead atoms. The molecule has 0 saturated carbocycles. The van der Waals surface area contributed by atoms with E-state index in [0.717, 1.165) is 19.6 Å². The summed E-state index contributed by atoms with van der Waals surface area (Å²) in [5.74, 6) is 0. The molecule has 2 heterocycles. The molecule has 1 N–H and O–H groups in total. The maximum Gasteiger partial charge on any atom is 0.107 e. The predicted octanol–water partition coefficient (Wildman–Crippen LogP) is 2.74. The minimum absolute atomic E-state index is 0.311. The molecule has 2 rings (SSSR count). The molecule has 4 heteroatoms. The number of nitrogens with one attached hydrogen (secondary N) is 1. The Morgan fingerprint density at radius 3 is 2.89 bits per heavy atom. The topological polar surface area (TPSA) is 28.2 Å².